The molecule has 1 aliphatic rings. The van der Waals surface area contributed by atoms with Crippen molar-refractivity contribution in [3.8, 4) is 0 Å². The summed E-state index contributed by atoms with van der Waals surface area (Å²) in [7, 11) is 0. The minimum atomic E-state index is -0.460. The van der Waals surface area contributed by atoms with Crippen LogP contribution in [0.4, 0.5) is 17.3 Å². The van der Waals surface area contributed by atoms with Crippen molar-refractivity contribution in [2.75, 3.05) is 30.4 Å². The summed E-state index contributed by atoms with van der Waals surface area (Å²) in [6, 6.07) is 0.0561. The molecule has 0 radical (unpaired) electrons. The van der Waals surface area contributed by atoms with Crippen LogP contribution in [0, 0.1) is 16.0 Å². The highest BCUT2D eigenvalue weighted by Crippen LogP contribution is 2.30. The summed E-state index contributed by atoms with van der Waals surface area (Å²) in [5.74, 6) is 0.831. The fourth-order valence-electron chi connectivity index (χ4n) is 2.23. The Morgan fingerprint density at radius 2 is 2.30 bits per heavy atom. The topological polar surface area (TPSA) is 102 Å². The molecule has 2 heterocycles. The van der Waals surface area contributed by atoms with Crippen molar-refractivity contribution in [3.63, 3.8) is 0 Å². The number of ether oxygens (including phenoxy) is 1. The molecule has 2 unspecified atom stereocenters. The van der Waals surface area contributed by atoms with Crippen molar-refractivity contribution in [2.45, 2.75) is 26.3 Å². The first-order chi connectivity index (χ1) is 9.63. The largest absolute Gasteiger partial charge is 0.381 e. The minimum absolute atomic E-state index is 0.0561. The maximum atomic E-state index is 11.2. The average Bonchev–Trinajstić information content (AvgIpc) is 2.92. The lowest BCUT2D eigenvalue weighted by Crippen LogP contribution is -2.27. The molecule has 0 aromatic carbocycles. The SMILES string of the molecule is CCNc1ncnc(NC(C)C2CCOC2)c1[N+](=O)[O-]. The molecule has 1 fully saturated rings. The molecule has 1 aliphatic heterocycles. The summed E-state index contributed by atoms with van der Waals surface area (Å²) in [4.78, 5) is 18.7. The van der Waals surface area contributed by atoms with Gasteiger partial charge in [-0.1, -0.05) is 0 Å². The highest BCUT2D eigenvalue weighted by molar-refractivity contribution is 5.69. The summed E-state index contributed by atoms with van der Waals surface area (Å²) in [6.45, 7) is 5.82. The average molecular weight is 281 g/mol. The van der Waals surface area contributed by atoms with E-state index in [0.29, 0.717) is 19.1 Å². The zero-order chi connectivity index (χ0) is 14.5. The van der Waals surface area contributed by atoms with E-state index in [4.69, 9.17) is 4.74 Å². The molecule has 0 bridgehead atoms. The van der Waals surface area contributed by atoms with E-state index in [2.05, 4.69) is 20.6 Å². The maximum Gasteiger partial charge on any atom is 0.353 e. The maximum absolute atomic E-state index is 11.2. The molecule has 8 nitrogen and oxygen atoms in total. The van der Waals surface area contributed by atoms with E-state index in [-0.39, 0.29) is 23.4 Å². The smallest absolute Gasteiger partial charge is 0.353 e. The fraction of sp³-hybridized carbons (Fsp3) is 0.667. The molecule has 0 amide bonds. The lowest BCUT2D eigenvalue weighted by molar-refractivity contribution is -0.383. The Kier molecular flexibility index (Phi) is 4.67. The lowest BCUT2D eigenvalue weighted by atomic mass is 10.0. The van der Waals surface area contributed by atoms with Crippen LogP contribution in [0.3, 0.4) is 0 Å². The quantitative estimate of drug-likeness (QED) is 0.603. The zero-order valence-corrected chi connectivity index (χ0v) is 11.6. The monoisotopic (exact) mass is 281 g/mol. The minimum Gasteiger partial charge on any atom is -0.381 e. The zero-order valence-electron chi connectivity index (χ0n) is 11.6. The molecule has 2 N–H and O–H groups in total. The molecule has 2 rings (SSSR count). The highest BCUT2D eigenvalue weighted by Gasteiger charge is 2.27. The van der Waals surface area contributed by atoms with Crippen LogP contribution in [-0.4, -0.2) is 40.7 Å². The number of anilines is 2. The van der Waals surface area contributed by atoms with E-state index in [1.54, 1.807) is 0 Å². The predicted octanol–water partition coefficient (Wildman–Crippen LogP) is 1.65. The molecule has 0 saturated carbocycles. The first-order valence-electron chi connectivity index (χ1n) is 6.71. The number of nitrogens with one attached hydrogen (secondary N) is 2. The Bertz CT molecular complexity index is 476. The van der Waals surface area contributed by atoms with Crippen molar-refractivity contribution in [1.82, 2.24) is 9.97 Å². The summed E-state index contributed by atoms with van der Waals surface area (Å²) in [5, 5.41) is 17.2. The van der Waals surface area contributed by atoms with E-state index in [9.17, 15) is 10.1 Å². The van der Waals surface area contributed by atoms with Gasteiger partial charge in [-0.15, -0.1) is 0 Å². The van der Waals surface area contributed by atoms with Gasteiger partial charge in [-0.25, -0.2) is 9.97 Å². The first-order valence-corrected chi connectivity index (χ1v) is 6.71. The molecule has 0 aliphatic carbocycles. The molecular weight excluding hydrogens is 262 g/mol. The van der Waals surface area contributed by atoms with Gasteiger partial charge in [-0.05, 0) is 20.3 Å². The third-order valence-electron chi connectivity index (χ3n) is 3.39. The van der Waals surface area contributed by atoms with Crippen molar-refractivity contribution in [2.24, 2.45) is 5.92 Å². The molecule has 110 valence electrons. The van der Waals surface area contributed by atoms with Crippen LogP contribution in [0.5, 0.6) is 0 Å². The second-order valence-corrected chi connectivity index (χ2v) is 4.76. The van der Waals surface area contributed by atoms with Gasteiger partial charge in [0.15, 0.2) is 0 Å². The third kappa shape index (κ3) is 3.13. The van der Waals surface area contributed by atoms with Gasteiger partial charge in [0.1, 0.15) is 6.33 Å². The van der Waals surface area contributed by atoms with Gasteiger partial charge in [0.25, 0.3) is 0 Å². The highest BCUT2D eigenvalue weighted by atomic mass is 16.6. The number of hydrogen-bond acceptors (Lipinski definition) is 7. The fourth-order valence-corrected chi connectivity index (χ4v) is 2.23. The van der Waals surface area contributed by atoms with Gasteiger partial charge in [0.05, 0.1) is 11.5 Å². The van der Waals surface area contributed by atoms with E-state index in [1.807, 2.05) is 13.8 Å². The number of aromatic nitrogens is 2. The second kappa shape index (κ2) is 6.47. The van der Waals surface area contributed by atoms with Gasteiger partial charge in [0.2, 0.25) is 11.6 Å². The Hall–Kier alpha value is -1.96. The van der Waals surface area contributed by atoms with E-state index < -0.39 is 4.92 Å². The standard InChI is InChI=1S/C12H19N5O3/c1-3-13-11-10(17(18)19)12(15-7-14-11)16-8(2)9-4-5-20-6-9/h7-9H,3-6H2,1-2H3,(H2,13,14,15,16). The van der Waals surface area contributed by atoms with Crippen molar-refractivity contribution < 1.29 is 9.66 Å². The van der Waals surface area contributed by atoms with E-state index in [1.165, 1.54) is 6.33 Å². The van der Waals surface area contributed by atoms with Crippen LogP contribution < -0.4 is 10.6 Å². The van der Waals surface area contributed by atoms with Crippen LogP contribution >= 0.6 is 0 Å². The van der Waals surface area contributed by atoms with Gasteiger partial charge in [-0.2, -0.15) is 0 Å². The predicted molar refractivity (Wildman–Crippen MR) is 74.9 cm³/mol. The van der Waals surface area contributed by atoms with Gasteiger partial charge in [0, 0.05) is 25.1 Å². The van der Waals surface area contributed by atoms with E-state index >= 15 is 0 Å². The van der Waals surface area contributed by atoms with E-state index in [0.717, 1.165) is 13.0 Å². The molecule has 1 aromatic rings. The summed E-state index contributed by atoms with van der Waals surface area (Å²) >= 11 is 0. The molecule has 1 aromatic heterocycles. The van der Waals surface area contributed by atoms with Gasteiger partial charge < -0.3 is 15.4 Å². The molecule has 8 heteroatoms. The second-order valence-electron chi connectivity index (χ2n) is 4.76. The Balaban J connectivity index is 2.21. The summed E-state index contributed by atoms with van der Waals surface area (Å²) in [6.07, 6.45) is 2.28. The lowest BCUT2D eigenvalue weighted by Gasteiger charge is -2.19. The van der Waals surface area contributed by atoms with Crippen LogP contribution in [0.25, 0.3) is 0 Å². The number of hydrogen-bond donors (Lipinski definition) is 2. The Morgan fingerprint density at radius 1 is 1.55 bits per heavy atom. The van der Waals surface area contributed by atoms with Gasteiger partial charge >= 0.3 is 5.69 Å². The number of nitrogens with zero attached hydrogens (tertiary/aromatic N) is 3. The van der Waals surface area contributed by atoms with Crippen LogP contribution in [0.2, 0.25) is 0 Å². The Labute approximate surface area is 117 Å². The van der Waals surface area contributed by atoms with Crippen LogP contribution in [0.1, 0.15) is 20.3 Å². The normalized spacial score (nSPS) is 19.6. The number of rotatable bonds is 6. The molecular formula is C12H19N5O3. The van der Waals surface area contributed by atoms with Crippen molar-refractivity contribution in [3.05, 3.63) is 16.4 Å². The molecule has 0 spiro atoms. The number of nitro groups is 1. The van der Waals surface area contributed by atoms with Gasteiger partial charge in [-0.3, -0.25) is 10.1 Å². The summed E-state index contributed by atoms with van der Waals surface area (Å²) in [5.41, 5.74) is -0.111. The third-order valence-corrected chi connectivity index (χ3v) is 3.39. The molecule has 20 heavy (non-hydrogen) atoms. The van der Waals surface area contributed by atoms with Crippen molar-refractivity contribution in [1.29, 1.82) is 0 Å². The first kappa shape index (κ1) is 14.4. The van der Waals surface area contributed by atoms with Crippen LogP contribution in [-0.2, 0) is 4.74 Å². The van der Waals surface area contributed by atoms with Crippen molar-refractivity contribution >= 4 is 17.3 Å². The molecule has 2 atom stereocenters. The summed E-state index contributed by atoms with van der Waals surface area (Å²) < 4.78 is 5.34. The molecule has 1 saturated heterocycles. The van der Waals surface area contributed by atoms with Crippen LogP contribution in [0.15, 0.2) is 6.33 Å². The Morgan fingerprint density at radius 3 is 2.90 bits per heavy atom.